The lowest BCUT2D eigenvalue weighted by Crippen LogP contribution is -2.21. The second kappa shape index (κ2) is 4.00. The van der Waals surface area contributed by atoms with Gasteiger partial charge < -0.3 is 9.15 Å². The molecule has 0 bridgehead atoms. The average molecular weight is 240 g/mol. The summed E-state index contributed by atoms with van der Waals surface area (Å²) in [5.74, 6) is -0.742. The Hall–Kier alpha value is -2.62. The van der Waals surface area contributed by atoms with Crippen LogP contribution in [-0.4, -0.2) is 11.9 Å². The number of hydrogen-bond acceptors (Lipinski definition) is 4. The standard InChI is InChI=1S/C14H8O4/c15-13-11-6-2-1-5-10(11)12(14(16)18-13)8-9-4-3-7-17-9/h1-8H/b12-8-. The van der Waals surface area contributed by atoms with E-state index < -0.39 is 11.9 Å². The lowest BCUT2D eigenvalue weighted by molar-refractivity contribution is -0.131. The van der Waals surface area contributed by atoms with Gasteiger partial charge >= 0.3 is 11.9 Å². The second-order valence-corrected chi connectivity index (χ2v) is 3.80. The maximum atomic E-state index is 11.7. The lowest BCUT2D eigenvalue weighted by atomic mass is 9.97. The van der Waals surface area contributed by atoms with Crippen LogP contribution in [0.15, 0.2) is 47.1 Å². The maximum Gasteiger partial charge on any atom is 0.346 e. The Morgan fingerprint density at radius 2 is 1.67 bits per heavy atom. The number of ether oxygens (including phenoxy) is 1. The molecule has 0 amide bonds. The molecular weight excluding hydrogens is 232 g/mol. The van der Waals surface area contributed by atoms with Crippen LogP contribution >= 0.6 is 0 Å². The highest BCUT2D eigenvalue weighted by molar-refractivity contribution is 6.29. The fourth-order valence-corrected chi connectivity index (χ4v) is 1.85. The summed E-state index contributed by atoms with van der Waals surface area (Å²) in [5, 5.41) is 0. The molecule has 0 spiro atoms. The number of carbonyl (C=O) groups is 2. The third-order valence-corrected chi connectivity index (χ3v) is 2.67. The molecule has 0 fully saturated rings. The third-order valence-electron chi connectivity index (χ3n) is 2.67. The van der Waals surface area contributed by atoms with Crippen LogP contribution in [0.4, 0.5) is 0 Å². The van der Waals surface area contributed by atoms with Crippen molar-refractivity contribution in [3.05, 3.63) is 59.5 Å². The van der Waals surface area contributed by atoms with E-state index >= 15 is 0 Å². The molecule has 0 radical (unpaired) electrons. The largest absolute Gasteiger partial charge is 0.465 e. The molecule has 0 saturated carbocycles. The molecule has 2 heterocycles. The molecule has 0 unspecified atom stereocenters. The van der Waals surface area contributed by atoms with Crippen LogP contribution in [0.1, 0.15) is 21.7 Å². The van der Waals surface area contributed by atoms with Crippen LogP contribution in [0.3, 0.4) is 0 Å². The Morgan fingerprint density at radius 3 is 2.39 bits per heavy atom. The highest BCUT2D eigenvalue weighted by Crippen LogP contribution is 2.28. The normalized spacial score (nSPS) is 16.6. The summed E-state index contributed by atoms with van der Waals surface area (Å²) in [6, 6.07) is 10.3. The summed E-state index contributed by atoms with van der Waals surface area (Å²) in [6.45, 7) is 0. The monoisotopic (exact) mass is 240 g/mol. The number of furan rings is 1. The van der Waals surface area contributed by atoms with E-state index in [1.54, 1.807) is 42.5 Å². The first-order valence-corrected chi connectivity index (χ1v) is 5.37. The molecule has 1 aliphatic heterocycles. The maximum absolute atomic E-state index is 11.7. The van der Waals surface area contributed by atoms with Gasteiger partial charge in [0, 0.05) is 5.56 Å². The number of hydrogen-bond donors (Lipinski definition) is 0. The van der Waals surface area contributed by atoms with E-state index in [0.717, 1.165) is 0 Å². The zero-order chi connectivity index (χ0) is 12.5. The van der Waals surface area contributed by atoms with Crippen LogP contribution < -0.4 is 0 Å². The minimum Gasteiger partial charge on any atom is -0.465 e. The lowest BCUT2D eigenvalue weighted by Gasteiger charge is -2.16. The van der Waals surface area contributed by atoms with Gasteiger partial charge in [-0.2, -0.15) is 0 Å². The van der Waals surface area contributed by atoms with Crippen molar-refractivity contribution in [1.82, 2.24) is 0 Å². The van der Waals surface area contributed by atoms with Gasteiger partial charge in [0.25, 0.3) is 0 Å². The van der Waals surface area contributed by atoms with Crippen LogP contribution in [0.5, 0.6) is 0 Å². The zero-order valence-electron chi connectivity index (χ0n) is 9.25. The van der Waals surface area contributed by atoms with Gasteiger partial charge in [0.05, 0.1) is 17.4 Å². The third kappa shape index (κ3) is 1.64. The van der Waals surface area contributed by atoms with E-state index in [1.807, 2.05) is 0 Å². The fourth-order valence-electron chi connectivity index (χ4n) is 1.85. The quantitative estimate of drug-likeness (QED) is 0.436. The smallest absolute Gasteiger partial charge is 0.346 e. The van der Waals surface area contributed by atoms with Crippen molar-refractivity contribution in [3.63, 3.8) is 0 Å². The molecule has 0 saturated heterocycles. The molecule has 88 valence electrons. The Balaban J connectivity index is 2.18. The summed E-state index contributed by atoms with van der Waals surface area (Å²) < 4.78 is 9.84. The summed E-state index contributed by atoms with van der Waals surface area (Å²) in [5.41, 5.74) is 1.27. The molecule has 1 aromatic carbocycles. The number of carbonyl (C=O) groups excluding carboxylic acids is 2. The van der Waals surface area contributed by atoms with E-state index in [0.29, 0.717) is 22.5 Å². The molecule has 4 heteroatoms. The van der Waals surface area contributed by atoms with Gasteiger partial charge in [0.15, 0.2) is 0 Å². The molecule has 1 aromatic heterocycles. The van der Waals surface area contributed by atoms with Crippen molar-refractivity contribution in [2.45, 2.75) is 0 Å². The first-order chi connectivity index (χ1) is 8.75. The first-order valence-electron chi connectivity index (χ1n) is 5.37. The Morgan fingerprint density at radius 1 is 0.889 bits per heavy atom. The average Bonchev–Trinajstić information content (AvgIpc) is 2.87. The van der Waals surface area contributed by atoms with Crippen molar-refractivity contribution in [3.8, 4) is 0 Å². The molecular formula is C14H8O4. The Kier molecular flexibility index (Phi) is 2.34. The molecule has 4 nitrogen and oxygen atoms in total. The summed E-state index contributed by atoms with van der Waals surface area (Å²) in [7, 11) is 0. The van der Waals surface area contributed by atoms with Gasteiger partial charge in [-0.15, -0.1) is 0 Å². The molecule has 2 aromatic rings. The highest BCUT2D eigenvalue weighted by Gasteiger charge is 2.29. The van der Waals surface area contributed by atoms with E-state index in [4.69, 9.17) is 4.42 Å². The van der Waals surface area contributed by atoms with E-state index in [1.165, 1.54) is 6.26 Å². The molecule has 18 heavy (non-hydrogen) atoms. The minimum absolute atomic E-state index is 0.320. The second-order valence-electron chi connectivity index (χ2n) is 3.80. The SMILES string of the molecule is O=C1OC(=O)c2ccccc2/C1=C/c1ccco1. The Labute approximate surface area is 102 Å². The topological polar surface area (TPSA) is 56.5 Å². The number of cyclic esters (lactones) is 2. The van der Waals surface area contributed by atoms with Crippen molar-refractivity contribution in [2.75, 3.05) is 0 Å². The van der Waals surface area contributed by atoms with Crippen LogP contribution in [0, 0.1) is 0 Å². The van der Waals surface area contributed by atoms with E-state index in [2.05, 4.69) is 4.74 Å². The van der Waals surface area contributed by atoms with Gasteiger partial charge in [-0.3, -0.25) is 0 Å². The summed E-state index contributed by atoms with van der Waals surface area (Å²) in [4.78, 5) is 23.3. The summed E-state index contributed by atoms with van der Waals surface area (Å²) in [6.07, 6.45) is 3.07. The predicted octanol–water partition coefficient (Wildman–Crippen LogP) is 2.52. The van der Waals surface area contributed by atoms with Crippen LogP contribution in [0.2, 0.25) is 0 Å². The zero-order valence-corrected chi connectivity index (χ0v) is 9.25. The molecule has 1 aliphatic rings. The van der Waals surface area contributed by atoms with E-state index in [9.17, 15) is 9.59 Å². The molecule has 0 atom stereocenters. The number of fused-ring (bicyclic) bond motifs is 1. The molecule has 3 rings (SSSR count). The van der Waals surface area contributed by atoms with Gasteiger partial charge in [-0.25, -0.2) is 9.59 Å². The highest BCUT2D eigenvalue weighted by atomic mass is 16.6. The van der Waals surface area contributed by atoms with Crippen LogP contribution in [0.25, 0.3) is 11.6 Å². The van der Waals surface area contributed by atoms with Gasteiger partial charge in [0.2, 0.25) is 0 Å². The minimum atomic E-state index is -0.657. The van der Waals surface area contributed by atoms with Gasteiger partial charge in [0.1, 0.15) is 5.76 Å². The van der Waals surface area contributed by atoms with Crippen molar-refractivity contribution < 1.29 is 18.7 Å². The van der Waals surface area contributed by atoms with E-state index in [-0.39, 0.29) is 0 Å². The van der Waals surface area contributed by atoms with Crippen molar-refractivity contribution in [1.29, 1.82) is 0 Å². The van der Waals surface area contributed by atoms with Gasteiger partial charge in [-0.05, 0) is 24.3 Å². The predicted molar refractivity (Wildman–Crippen MR) is 63.4 cm³/mol. The van der Waals surface area contributed by atoms with Crippen molar-refractivity contribution in [2.24, 2.45) is 0 Å². The first kappa shape index (κ1) is 10.5. The number of benzene rings is 1. The molecule has 0 aliphatic carbocycles. The fraction of sp³-hybridized carbons (Fsp3) is 0. The van der Waals surface area contributed by atoms with Crippen molar-refractivity contribution >= 4 is 23.6 Å². The number of rotatable bonds is 1. The summed E-state index contributed by atoms with van der Waals surface area (Å²) >= 11 is 0. The molecule has 0 N–H and O–H groups in total. The van der Waals surface area contributed by atoms with Crippen LogP contribution in [-0.2, 0) is 9.53 Å². The van der Waals surface area contributed by atoms with Gasteiger partial charge in [-0.1, -0.05) is 18.2 Å². The Bertz CT molecular complexity index is 650. The number of esters is 2.